The zero-order chi connectivity index (χ0) is 20.1. The van der Waals surface area contributed by atoms with Gasteiger partial charge < -0.3 is 20.1 Å². The number of pyridine rings is 1. The van der Waals surface area contributed by atoms with E-state index in [1.54, 1.807) is 35.8 Å². The van der Waals surface area contributed by atoms with E-state index >= 15 is 0 Å². The highest BCUT2D eigenvalue weighted by atomic mass is 16.2. The Hall–Kier alpha value is -3.00. The number of carbonyl (C=O) groups excluding carboxylic acids is 1. The Balaban J connectivity index is 1.61. The van der Waals surface area contributed by atoms with E-state index in [1.165, 1.54) is 0 Å². The Morgan fingerprint density at radius 2 is 2.21 bits per heavy atom. The third-order valence-electron chi connectivity index (χ3n) is 4.75. The third kappa shape index (κ3) is 4.64. The normalized spacial score (nSPS) is 14.5. The van der Waals surface area contributed by atoms with Crippen molar-refractivity contribution >= 4 is 11.6 Å². The van der Waals surface area contributed by atoms with Gasteiger partial charge in [0.2, 0.25) is 5.91 Å². The zero-order valence-corrected chi connectivity index (χ0v) is 16.4. The molecule has 3 heterocycles. The smallest absolute Gasteiger partial charge is 0.271 e. The first-order valence-electron chi connectivity index (χ1n) is 9.36. The number of amides is 1. The van der Waals surface area contributed by atoms with Crippen molar-refractivity contribution in [1.29, 1.82) is 0 Å². The largest absolute Gasteiger partial charge is 0.364 e. The summed E-state index contributed by atoms with van der Waals surface area (Å²) in [7, 11) is 1.87. The van der Waals surface area contributed by atoms with E-state index in [-0.39, 0.29) is 17.5 Å². The van der Waals surface area contributed by atoms with Gasteiger partial charge in [0.25, 0.3) is 5.56 Å². The molecule has 8 heteroatoms. The van der Waals surface area contributed by atoms with Crippen molar-refractivity contribution in [1.82, 2.24) is 25.2 Å². The van der Waals surface area contributed by atoms with Gasteiger partial charge in [-0.15, -0.1) is 0 Å². The molecule has 0 spiro atoms. The molecule has 1 saturated heterocycles. The average Bonchev–Trinajstić information content (AvgIpc) is 2.65. The lowest BCUT2D eigenvalue weighted by molar-refractivity contribution is -0.130. The molecule has 0 unspecified atom stereocenters. The molecule has 0 radical (unpaired) electrons. The summed E-state index contributed by atoms with van der Waals surface area (Å²) in [5.41, 5.74) is 1.87. The Morgan fingerprint density at radius 3 is 2.89 bits per heavy atom. The minimum absolute atomic E-state index is 0.00238. The summed E-state index contributed by atoms with van der Waals surface area (Å²) in [6, 6.07) is 2.30. The van der Waals surface area contributed by atoms with Gasteiger partial charge in [-0.05, 0) is 6.07 Å². The van der Waals surface area contributed by atoms with Crippen LogP contribution in [0.2, 0.25) is 0 Å². The molecule has 1 aliphatic heterocycles. The van der Waals surface area contributed by atoms with Crippen LogP contribution in [0.5, 0.6) is 0 Å². The molecule has 2 aromatic rings. The molecule has 0 aromatic carbocycles. The Kier molecular flexibility index (Phi) is 6.20. The van der Waals surface area contributed by atoms with Gasteiger partial charge in [0.05, 0.1) is 17.9 Å². The van der Waals surface area contributed by atoms with Crippen LogP contribution in [-0.2, 0) is 4.79 Å². The monoisotopic (exact) mass is 382 g/mol. The summed E-state index contributed by atoms with van der Waals surface area (Å²) in [5, 5.41) is 3.24. The Morgan fingerprint density at radius 1 is 1.43 bits per heavy atom. The number of nitrogens with one attached hydrogen (secondary N) is 2. The number of H-pyrrole nitrogens is 1. The highest BCUT2D eigenvalue weighted by Crippen LogP contribution is 2.22. The fourth-order valence-electron chi connectivity index (χ4n) is 2.98. The molecule has 148 valence electrons. The molecule has 0 saturated carbocycles. The Labute approximate surface area is 164 Å². The van der Waals surface area contributed by atoms with Crippen LogP contribution in [0.1, 0.15) is 13.8 Å². The van der Waals surface area contributed by atoms with E-state index in [2.05, 4.69) is 34.1 Å². The molecular weight excluding hydrogens is 356 g/mol. The molecular formula is C20H26N6O2. The zero-order valence-electron chi connectivity index (χ0n) is 16.4. The molecule has 0 aliphatic carbocycles. The second kappa shape index (κ2) is 8.79. The van der Waals surface area contributed by atoms with Crippen molar-refractivity contribution in [2.24, 2.45) is 0 Å². The maximum absolute atomic E-state index is 12.3. The van der Waals surface area contributed by atoms with E-state index in [0.717, 1.165) is 5.56 Å². The minimum atomic E-state index is -0.167. The first kappa shape index (κ1) is 19.8. The summed E-state index contributed by atoms with van der Waals surface area (Å²) in [6.07, 6.45) is 9.96. The van der Waals surface area contributed by atoms with E-state index < -0.39 is 0 Å². The maximum atomic E-state index is 12.3. The van der Waals surface area contributed by atoms with Gasteiger partial charge in [-0.25, -0.2) is 0 Å². The number of likely N-dealkylation sites (N-methyl/N-ethyl adjacent to an activating group) is 1. The van der Waals surface area contributed by atoms with Crippen LogP contribution in [0, 0.1) is 0 Å². The number of aromatic amines is 1. The predicted octanol–water partition coefficient (Wildman–Crippen LogP) is 1.03. The van der Waals surface area contributed by atoms with Gasteiger partial charge in [0.15, 0.2) is 0 Å². The number of nitrogens with zero attached hydrogens (tertiary/aromatic N) is 4. The van der Waals surface area contributed by atoms with Crippen LogP contribution in [0.4, 0.5) is 5.69 Å². The maximum Gasteiger partial charge on any atom is 0.271 e. The molecule has 2 N–H and O–H groups in total. The quantitative estimate of drug-likeness (QED) is 0.695. The summed E-state index contributed by atoms with van der Waals surface area (Å²) in [6.45, 7) is 5.97. The van der Waals surface area contributed by atoms with E-state index in [4.69, 9.17) is 0 Å². The van der Waals surface area contributed by atoms with Gasteiger partial charge >= 0.3 is 0 Å². The molecule has 0 bridgehead atoms. The van der Waals surface area contributed by atoms with Crippen molar-refractivity contribution in [2.45, 2.75) is 25.9 Å². The summed E-state index contributed by atoms with van der Waals surface area (Å²) < 4.78 is 0. The molecule has 8 nitrogen and oxygen atoms in total. The van der Waals surface area contributed by atoms with Gasteiger partial charge in [0.1, 0.15) is 5.69 Å². The van der Waals surface area contributed by atoms with Crippen molar-refractivity contribution in [3.63, 3.8) is 0 Å². The average molecular weight is 382 g/mol. The molecule has 1 amide bonds. The van der Waals surface area contributed by atoms with Crippen LogP contribution >= 0.6 is 0 Å². The topological polar surface area (TPSA) is 94.2 Å². The highest BCUT2D eigenvalue weighted by Gasteiger charge is 2.33. The standard InChI is InChI=1S/C20H26N6O2/c1-14(2)22-6-4-5-19(27)26-12-16(13-26)25(3)18-9-15(10-24-20(18)28)17-11-21-7-8-23-17/h4-5,7-11,14,16,22H,6,12-13H2,1-3H3,(H,24,28)/b5-4+. The third-order valence-corrected chi connectivity index (χ3v) is 4.75. The van der Waals surface area contributed by atoms with Gasteiger partial charge in [0, 0.05) is 63.0 Å². The number of likely N-dealkylation sites (tertiary alicyclic amines) is 1. The van der Waals surface area contributed by atoms with Crippen LogP contribution in [0.3, 0.4) is 0 Å². The van der Waals surface area contributed by atoms with Crippen molar-refractivity contribution < 1.29 is 4.79 Å². The highest BCUT2D eigenvalue weighted by molar-refractivity contribution is 5.88. The van der Waals surface area contributed by atoms with Crippen LogP contribution in [0.15, 0.2) is 47.8 Å². The first-order chi connectivity index (χ1) is 13.5. The van der Waals surface area contributed by atoms with Gasteiger partial charge in [-0.1, -0.05) is 19.9 Å². The Bertz CT molecular complexity index is 887. The summed E-state index contributed by atoms with van der Waals surface area (Å²) in [5.74, 6) is -0.00238. The van der Waals surface area contributed by atoms with E-state index in [1.807, 2.05) is 24.1 Å². The number of aromatic nitrogens is 3. The second-order valence-electron chi connectivity index (χ2n) is 7.17. The number of carbonyl (C=O) groups is 1. The van der Waals surface area contributed by atoms with E-state index in [9.17, 15) is 9.59 Å². The summed E-state index contributed by atoms with van der Waals surface area (Å²) >= 11 is 0. The number of anilines is 1. The fourth-order valence-corrected chi connectivity index (χ4v) is 2.98. The van der Waals surface area contributed by atoms with Crippen LogP contribution in [0.25, 0.3) is 11.3 Å². The molecule has 0 atom stereocenters. The lowest BCUT2D eigenvalue weighted by Gasteiger charge is -2.44. The summed E-state index contributed by atoms with van der Waals surface area (Å²) in [4.78, 5) is 39.3. The number of rotatable bonds is 7. The molecule has 3 rings (SSSR count). The van der Waals surface area contributed by atoms with E-state index in [0.29, 0.717) is 37.1 Å². The first-order valence-corrected chi connectivity index (χ1v) is 9.36. The molecule has 1 fully saturated rings. The van der Waals surface area contributed by atoms with Crippen LogP contribution < -0.4 is 15.8 Å². The van der Waals surface area contributed by atoms with Crippen molar-refractivity contribution in [2.75, 3.05) is 31.6 Å². The fraction of sp³-hybridized carbons (Fsp3) is 0.400. The second-order valence-corrected chi connectivity index (χ2v) is 7.17. The SMILES string of the molecule is CC(C)NC/C=C/C(=O)N1CC(N(C)c2cc(-c3cnccn3)c[nH]c2=O)C1. The molecule has 28 heavy (non-hydrogen) atoms. The minimum Gasteiger partial charge on any atom is -0.364 e. The van der Waals surface area contributed by atoms with Gasteiger partial charge in [-0.2, -0.15) is 0 Å². The lowest BCUT2D eigenvalue weighted by atomic mass is 10.1. The predicted molar refractivity (Wildman–Crippen MR) is 109 cm³/mol. The lowest BCUT2D eigenvalue weighted by Crippen LogP contribution is -2.60. The van der Waals surface area contributed by atoms with Crippen molar-refractivity contribution in [3.05, 3.63) is 53.4 Å². The van der Waals surface area contributed by atoms with Crippen molar-refractivity contribution in [3.8, 4) is 11.3 Å². The van der Waals surface area contributed by atoms with Gasteiger partial charge in [-0.3, -0.25) is 19.6 Å². The number of hydrogen-bond donors (Lipinski definition) is 2. The molecule has 2 aromatic heterocycles. The van der Waals surface area contributed by atoms with Crippen LogP contribution in [-0.4, -0.2) is 64.5 Å². The number of hydrogen-bond acceptors (Lipinski definition) is 6. The molecule has 1 aliphatic rings.